The number of anilines is 1. The Morgan fingerprint density at radius 2 is 2.25 bits per heavy atom. The van der Waals surface area contributed by atoms with Crippen LogP contribution in [0.25, 0.3) is 0 Å². The van der Waals surface area contributed by atoms with Gasteiger partial charge in [0.05, 0.1) is 17.7 Å². The van der Waals surface area contributed by atoms with Crippen LogP contribution in [0.2, 0.25) is 0 Å². The van der Waals surface area contributed by atoms with E-state index in [1.165, 1.54) is 6.07 Å². The molecule has 3 nitrogen and oxygen atoms in total. The van der Waals surface area contributed by atoms with E-state index < -0.39 is 0 Å². The lowest BCUT2D eigenvalue weighted by Gasteiger charge is -2.25. The molecule has 0 fully saturated rings. The molecule has 0 aliphatic heterocycles. The van der Waals surface area contributed by atoms with Crippen molar-refractivity contribution in [2.75, 3.05) is 18.5 Å². The molecule has 0 saturated heterocycles. The van der Waals surface area contributed by atoms with Crippen LogP contribution in [0.3, 0.4) is 0 Å². The summed E-state index contributed by atoms with van der Waals surface area (Å²) in [6.07, 6.45) is 0. The molecule has 20 heavy (non-hydrogen) atoms. The summed E-state index contributed by atoms with van der Waals surface area (Å²) in [5.41, 5.74) is 4.87. The van der Waals surface area contributed by atoms with E-state index in [-0.39, 0.29) is 11.9 Å². The second kappa shape index (κ2) is 6.81. The van der Waals surface area contributed by atoms with Gasteiger partial charge in [0.1, 0.15) is 5.82 Å². The van der Waals surface area contributed by atoms with Crippen LogP contribution >= 0.6 is 11.3 Å². The predicted octanol–water partition coefficient (Wildman–Crippen LogP) is 3.59. The topological polar surface area (TPSA) is 28.2 Å². The van der Waals surface area contributed by atoms with Crippen LogP contribution in [0.15, 0.2) is 29.1 Å². The monoisotopic (exact) mass is 293 g/mol. The number of nitrogens with one attached hydrogen (secondary N) is 1. The molecule has 1 unspecified atom stereocenters. The zero-order chi connectivity index (χ0) is 14.5. The third-order valence-electron chi connectivity index (χ3n) is 3.26. The largest absolute Gasteiger partial charge is 0.368 e. The Morgan fingerprint density at radius 1 is 1.45 bits per heavy atom. The Kier molecular flexibility index (Phi) is 5.09. The lowest BCUT2D eigenvalue weighted by Crippen LogP contribution is -2.23. The maximum atomic E-state index is 13.5. The van der Waals surface area contributed by atoms with Crippen molar-refractivity contribution in [3.05, 3.63) is 46.2 Å². The van der Waals surface area contributed by atoms with Crippen LogP contribution in [0.1, 0.15) is 31.1 Å². The molecule has 0 radical (unpaired) electrons. The van der Waals surface area contributed by atoms with Crippen LogP contribution < -0.4 is 10.2 Å². The van der Waals surface area contributed by atoms with Gasteiger partial charge in [0.15, 0.2) is 0 Å². The first-order chi connectivity index (χ1) is 9.61. The second-order valence-electron chi connectivity index (χ2n) is 4.82. The number of halogens is 1. The van der Waals surface area contributed by atoms with Gasteiger partial charge in [-0.1, -0.05) is 6.92 Å². The van der Waals surface area contributed by atoms with Gasteiger partial charge in [-0.25, -0.2) is 9.37 Å². The lowest BCUT2D eigenvalue weighted by atomic mass is 10.0. The normalized spacial score (nSPS) is 12.4. The van der Waals surface area contributed by atoms with E-state index in [2.05, 4.69) is 29.0 Å². The summed E-state index contributed by atoms with van der Waals surface area (Å²) in [7, 11) is 2.01. The van der Waals surface area contributed by atoms with E-state index in [9.17, 15) is 4.39 Å². The van der Waals surface area contributed by atoms with E-state index >= 15 is 0 Å². The molecule has 108 valence electrons. The SMILES string of the molecule is CCNC(C)c1cc(F)ccc1N(C)Cc1cscn1. The van der Waals surface area contributed by atoms with Crippen molar-refractivity contribution in [3.8, 4) is 0 Å². The Balaban J connectivity index is 2.25. The predicted molar refractivity (Wildman–Crippen MR) is 82.7 cm³/mol. The zero-order valence-corrected chi connectivity index (χ0v) is 12.9. The molecule has 0 aliphatic carbocycles. The number of rotatable bonds is 6. The minimum Gasteiger partial charge on any atom is -0.368 e. The fourth-order valence-corrected chi connectivity index (χ4v) is 2.83. The quantitative estimate of drug-likeness (QED) is 0.882. The molecule has 0 aliphatic rings. The Bertz CT molecular complexity index is 542. The molecule has 1 aromatic carbocycles. The van der Waals surface area contributed by atoms with Crippen molar-refractivity contribution in [1.29, 1.82) is 0 Å². The highest BCUT2D eigenvalue weighted by Gasteiger charge is 2.14. The highest BCUT2D eigenvalue weighted by molar-refractivity contribution is 7.07. The van der Waals surface area contributed by atoms with Crippen molar-refractivity contribution >= 4 is 17.0 Å². The highest BCUT2D eigenvalue weighted by Crippen LogP contribution is 2.27. The molecule has 1 N–H and O–H groups in total. The highest BCUT2D eigenvalue weighted by atomic mass is 32.1. The third kappa shape index (κ3) is 3.55. The molecule has 2 aromatic rings. The van der Waals surface area contributed by atoms with Crippen LogP contribution in [-0.2, 0) is 6.54 Å². The van der Waals surface area contributed by atoms with Crippen molar-refractivity contribution in [3.63, 3.8) is 0 Å². The zero-order valence-electron chi connectivity index (χ0n) is 12.1. The van der Waals surface area contributed by atoms with Gasteiger partial charge >= 0.3 is 0 Å². The molecule has 1 aromatic heterocycles. The van der Waals surface area contributed by atoms with Gasteiger partial charge in [0.25, 0.3) is 0 Å². The summed E-state index contributed by atoms with van der Waals surface area (Å²) in [5, 5.41) is 5.37. The van der Waals surface area contributed by atoms with Gasteiger partial charge in [-0.15, -0.1) is 11.3 Å². The summed E-state index contributed by atoms with van der Waals surface area (Å²) in [6, 6.07) is 5.07. The van der Waals surface area contributed by atoms with Crippen LogP contribution in [-0.4, -0.2) is 18.6 Å². The van der Waals surface area contributed by atoms with Gasteiger partial charge in [0.2, 0.25) is 0 Å². The van der Waals surface area contributed by atoms with Gasteiger partial charge in [0, 0.05) is 24.2 Å². The second-order valence-corrected chi connectivity index (χ2v) is 5.54. The smallest absolute Gasteiger partial charge is 0.123 e. The molecule has 1 atom stereocenters. The maximum Gasteiger partial charge on any atom is 0.123 e. The fourth-order valence-electron chi connectivity index (χ4n) is 2.28. The van der Waals surface area contributed by atoms with Crippen molar-refractivity contribution in [1.82, 2.24) is 10.3 Å². The fraction of sp³-hybridized carbons (Fsp3) is 0.400. The summed E-state index contributed by atoms with van der Waals surface area (Å²) in [6.45, 7) is 5.68. The molecule has 1 heterocycles. The summed E-state index contributed by atoms with van der Waals surface area (Å²) in [5.74, 6) is -0.199. The average Bonchev–Trinajstić information content (AvgIpc) is 2.91. The number of thiazole rings is 1. The molecule has 0 saturated carbocycles. The minimum atomic E-state index is -0.199. The standard InChI is InChI=1S/C15H20FN3S/c1-4-17-11(2)14-7-12(16)5-6-15(14)19(3)8-13-9-20-10-18-13/h5-7,9-11,17H,4,8H2,1-3H3. The number of aromatic nitrogens is 1. The van der Waals surface area contributed by atoms with E-state index in [0.29, 0.717) is 0 Å². The van der Waals surface area contributed by atoms with E-state index in [4.69, 9.17) is 0 Å². The average molecular weight is 293 g/mol. The summed E-state index contributed by atoms with van der Waals surface area (Å²) in [4.78, 5) is 6.41. The van der Waals surface area contributed by atoms with Crippen LogP contribution in [0.5, 0.6) is 0 Å². The van der Waals surface area contributed by atoms with Gasteiger partial charge in [-0.3, -0.25) is 0 Å². The summed E-state index contributed by atoms with van der Waals surface area (Å²) >= 11 is 1.59. The van der Waals surface area contributed by atoms with Crippen LogP contribution in [0, 0.1) is 5.82 Å². The van der Waals surface area contributed by atoms with E-state index in [0.717, 1.165) is 30.0 Å². The van der Waals surface area contributed by atoms with Gasteiger partial charge < -0.3 is 10.2 Å². The number of hydrogen-bond donors (Lipinski definition) is 1. The maximum absolute atomic E-state index is 13.5. The number of benzene rings is 1. The van der Waals surface area contributed by atoms with Crippen molar-refractivity contribution < 1.29 is 4.39 Å². The number of nitrogens with zero attached hydrogens (tertiary/aromatic N) is 2. The number of hydrogen-bond acceptors (Lipinski definition) is 4. The molecular weight excluding hydrogens is 273 g/mol. The van der Waals surface area contributed by atoms with Gasteiger partial charge in [-0.2, -0.15) is 0 Å². The minimum absolute atomic E-state index is 0.114. The van der Waals surface area contributed by atoms with Crippen molar-refractivity contribution in [2.24, 2.45) is 0 Å². The molecule has 0 spiro atoms. The Morgan fingerprint density at radius 3 is 2.90 bits per heavy atom. The van der Waals surface area contributed by atoms with Gasteiger partial charge in [-0.05, 0) is 37.2 Å². The first-order valence-corrected chi connectivity index (χ1v) is 7.67. The lowest BCUT2D eigenvalue weighted by molar-refractivity contribution is 0.581. The van der Waals surface area contributed by atoms with Crippen molar-refractivity contribution in [2.45, 2.75) is 26.4 Å². The van der Waals surface area contributed by atoms with E-state index in [1.54, 1.807) is 17.4 Å². The molecule has 5 heteroatoms. The molecular formula is C15H20FN3S. The van der Waals surface area contributed by atoms with E-state index in [1.807, 2.05) is 24.0 Å². The van der Waals surface area contributed by atoms with Crippen LogP contribution in [0.4, 0.5) is 10.1 Å². The molecule has 0 bridgehead atoms. The molecule has 0 amide bonds. The Labute approximate surface area is 123 Å². The summed E-state index contributed by atoms with van der Waals surface area (Å²) < 4.78 is 13.5. The third-order valence-corrected chi connectivity index (χ3v) is 3.90. The first-order valence-electron chi connectivity index (χ1n) is 6.72. The first kappa shape index (κ1) is 14.9. The molecule has 2 rings (SSSR count). The Hall–Kier alpha value is -1.46.